The molecule has 0 saturated carbocycles. The summed E-state index contributed by atoms with van der Waals surface area (Å²) in [6.45, 7) is 1.69. The molecule has 2 heterocycles. The number of hydrogen-bond acceptors (Lipinski definition) is 5. The first-order valence-electron chi connectivity index (χ1n) is 5.31. The van der Waals surface area contributed by atoms with Crippen molar-refractivity contribution in [2.24, 2.45) is 11.5 Å². The Kier molecular flexibility index (Phi) is 3.19. The topological polar surface area (TPSA) is 98.1 Å². The number of hydrogen-bond donors (Lipinski definition) is 2. The molecule has 0 aromatic carbocycles. The van der Waals surface area contributed by atoms with Crippen LogP contribution in [0.5, 0.6) is 0 Å². The second-order valence-electron chi connectivity index (χ2n) is 3.85. The summed E-state index contributed by atoms with van der Waals surface area (Å²) in [6.07, 6.45) is 3.51. The number of carbonyl (C=O) groups excluding carboxylic acids is 1. The van der Waals surface area contributed by atoms with Gasteiger partial charge >= 0.3 is 0 Å². The zero-order valence-corrected chi connectivity index (χ0v) is 10.0. The fourth-order valence-corrected chi connectivity index (χ4v) is 1.92. The number of rotatable bonds is 3. The Hall–Kier alpha value is -1.76. The minimum absolute atomic E-state index is 0.161. The third-order valence-electron chi connectivity index (χ3n) is 2.65. The molecule has 0 aliphatic carbocycles. The van der Waals surface area contributed by atoms with Crippen LogP contribution in [-0.2, 0) is 0 Å². The Labute approximate surface area is 104 Å². The van der Waals surface area contributed by atoms with E-state index in [4.69, 9.17) is 23.7 Å². The van der Waals surface area contributed by atoms with E-state index in [0.717, 1.165) is 25.9 Å². The average Bonchev–Trinajstić information content (AvgIpc) is 2.81. The number of thiocarbonyl (C=S) groups is 1. The van der Waals surface area contributed by atoms with Gasteiger partial charge in [-0.05, 0) is 12.8 Å². The van der Waals surface area contributed by atoms with Gasteiger partial charge in [-0.3, -0.25) is 4.79 Å². The van der Waals surface area contributed by atoms with Crippen LogP contribution in [0.3, 0.4) is 0 Å². The predicted octanol–water partition coefficient (Wildman–Crippen LogP) is -0.190. The third kappa shape index (κ3) is 2.33. The fourth-order valence-electron chi connectivity index (χ4n) is 1.82. The maximum Gasteiger partial charge on any atom is 0.271 e. The van der Waals surface area contributed by atoms with Crippen molar-refractivity contribution in [3.8, 4) is 0 Å². The van der Waals surface area contributed by atoms with Crippen molar-refractivity contribution in [2.45, 2.75) is 12.8 Å². The lowest BCUT2D eigenvalue weighted by Gasteiger charge is -2.18. The van der Waals surface area contributed by atoms with E-state index in [1.807, 2.05) is 4.90 Å². The molecule has 0 atom stereocenters. The summed E-state index contributed by atoms with van der Waals surface area (Å²) >= 11 is 4.85. The number of nitrogens with zero attached hydrogens (tertiary/aromatic N) is 3. The molecule has 0 unspecified atom stereocenters. The van der Waals surface area contributed by atoms with Gasteiger partial charge in [0.1, 0.15) is 10.7 Å². The molecule has 17 heavy (non-hydrogen) atoms. The van der Waals surface area contributed by atoms with Crippen LogP contribution in [0, 0.1) is 0 Å². The first-order chi connectivity index (χ1) is 8.09. The molecular formula is C10H13N5OS. The average molecular weight is 251 g/mol. The lowest BCUT2D eigenvalue weighted by molar-refractivity contribution is 0.0996. The highest BCUT2D eigenvalue weighted by Crippen LogP contribution is 2.21. The SMILES string of the molecule is NC(=O)c1ncc(C(N)=S)nc1N1CCCC1. The molecule has 7 heteroatoms. The molecule has 1 aliphatic heterocycles. The predicted molar refractivity (Wildman–Crippen MR) is 67.9 cm³/mol. The van der Waals surface area contributed by atoms with Crippen LogP contribution in [0.25, 0.3) is 0 Å². The van der Waals surface area contributed by atoms with Crippen LogP contribution in [0.2, 0.25) is 0 Å². The Morgan fingerprint density at radius 1 is 1.35 bits per heavy atom. The van der Waals surface area contributed by atoms with Crippen LogP contribution < -0.4 is 16.4 Å². The molecule has 0 radical (unpaired) electrons. The highest BCUT2D eigenvalue weighted by Gasteiger charge is 2.21. The molecule has 1 aromatic rings. The van der Waals surface area contributed by atoms with Crippen LogP contribution in [0.15, 0.2) is 6.20 Å². The van der Waals surface area contributed by atoms with Gasteiger partial charge in [0.2, 0.25) is 0 Å². The number of amides is 1. The number of nitrogens with two attached hydrogens (primary N) is 2. The molecule has 0 bridgehead atoms. The van der Waals surface area contributed by atoms with E-state index >= 15 is 0 Å². The monoisotopic (exact) mass is 251 g/mol. The summed E-state index contributed by atoms with van der Waals surface area (Å²) in [6, 6.07) is 0. The first-order valence-corrected chi connectivity index (χ1v) is 5.72. The standard InChI is InChI=1S/C10H13N5OS/c11-8(16)7-10(15-3-1-2-4-15)14-6(5-13-7)9(12)17/h5H,1-4H2,(H2,11,16)(H2,12,17). The van der Waals surface area contributed by atoms with Gasteiger partial charge in [0, 0.05) is 13.1 Å². The van der Waals surface area contributed by atoms with E-state index in [1.54, 1.807) is 0 Å². The Balaban J connectivity index is 2.46. The molecule has 1 fully saturated rings. The van der Waals surface area contributed by atoms with Crippen molar-refractivity contribution >= 4 is 28.9 Å². The quantitative estimate of drug-likeness (QED) is 0.722. The van der Waals surface area contributed by atoms with Gasteiger partial charge in [-0.15, -0.1) is 0 Å². The highest BCUT2D eigenvalue weighted by molar-refractivity contribution is 7.80. The van der Waals surface area contributed by atoms with Crippen molar-refractivity contribution < 1.29 is 4.79 Å². The summed E-state index contributed by atoms with van der Waals surface area (Å²) in [5.41, 5.74) is 11.4. The van der Waals surface area contributed by atoms with Crippen molar-refractivity contribution in [1.29, 1.82) is 0 Å². The number of primary amides is 1. The summed E-state index contributed by atoms with van der Waals surface area (Å²) in [5, 5.41) is 0. The number of aromatic nitrogens is 2. The highest BCUT2D eigenvalue weighted by atomic mass is 32.1. The van der Waals surface area contributed by atoms with Gasteiger partial charge in [0.15, 0.2) is 11.5 Å². The van der Waals surface area contributed by atoms with Crippen LogP contribution >= 0.6 is 12.2 Å². The fraction of sp³-hybridized carbons (Fsp3) is 0.400. The van der Waals surface area contributed by atoms with Gasteiger partial charge in [-0.1, -0.05) is 12.2 Å². The summed E-state index contributed by atoms with van der Waals surface area (Å²) < 4.78 is 0. The zero-order chi connectivity index (χ0) is 12.4. The van der Waals surface area contributed by atoms with E-state index in [2.05, 4.69) is 9.97 Å². The molecule has 2 rings (SSSR count). The molecule has 0 spiro atoms. The molecule has 6 nitrogen and oxygen atoms in total. The normalized spacial score (nSPS) is 14.9. The van der Waals surface area contributed by atoms with Gasteiger partial charge in [0.05, 0.1) is 6.20 Å². The molecule has 1 saturated heterocycles. The van der Waals surface area contributed by atoms with Gasteiger partial charge in [-0.2, -0.15) is 0 Å². The van der Waals surface area contributed by atoms with Gasteiger partial charge < -0.3 is 16.4 Å². The molecule has 1 aromatic heterocycles. The molecule has 1 aliphatic rings. The molecule has 1 amide bonds. The summed E-state index contributed by atoms with van der Waals surface area (Å²) in [5.74, 6) is -0.103. The molecule has 4 N–H and O–H groups in total. The molecule has 90 valence electrons. The van der Waals surface area contributed by atoms with Crippen molar-refractivity contribution in [2.75, 3.05) is 18.0 Å². The summed E-state index contributed by atoms with van der Waals surface area (Å²) in [4.78, 5) is 21.7. The van der Waals surface area contributed by atoms with Gasteiger partial charge in [-0.25, -0.2) is 9.97 Å². The van der Waals surface area contributed by atoms with E-state index in [-0.39, 0.29) is 10.7 Å². The molecular weight excluding hydrogens is 238 g/mol. The van der Waals surface area contributed by atoms with E-state index in [1.165, 1.54) is 6.20 Å². The van der Waals surface area contributed by atoms with Crippen LogP contribution in [0.4, 0.5) is 5.82 Å². The van der Waals surface area contributed by atoms with E-state index < -0.39 is 5.91 Å². The maximum absolute atomic E-state index is 11.3. The lowest BCUT2D eigenvalue weighted by atomic mass is 10.3. The maximum atomic E-state index is 11.3. The smallest absolute Gasteiger partial charge is 0.271 e. The van der Waals surface area contributed by atoms with Crippen LogP contribution in [-0.4, -0.2) is 34.0 Å². The Morgan fingerprint density at radius 3 is 2.53 bits per heavy atom. The van der Waals surface area contributed by atoms with Crippen molar-refractivity contribution in [3.05, 3.63) is 17.6 Å². The third-order valence-corrected chi connectivity index (χ3v) is 2.85. The Morgan fingerprint density at radius 2 is 2.00 bits per heavy atom. The number of anilines is 1. The minimum Gasteiger partial charge on any atom is -0.388 e. The van der Waals surface area contributed by atoms with Crippen LogP contribution in [0.1, 0.15) is 29.0 Å². The van der Waals surface area contributed by atoms with Gasteiger partial charge in [0.25, 0.3) is 5.91 Å². The number of carbonyl (C=O) groups is 1. The van der Waals surface area contributed by atoms with E-state index in [0.29, 0.717) is 11.5 Å². The Bertz CT molecular complexity index is 470. The first kappa shape index (κ1) is 11.7. The zero-order valence-electron chi connectivity index (χ0n) is 9.22. The summed E-state index contributed by atoms with van der Waals surface area (Å²) in [7, 11) is 0. The van der Waals surface area contributed by atoms with E-state index in [9.17, 15) is 4.79 Å². The largest absolute Gasteiger partial charge is 0.388 e. The second kappa shape index (κ2) is 4.62. The lowest BCUT2D eigenvalue weighted by Crippen LogP contribution is -2.27. The van der Waals surface area contributed by atoms with Crippen molar-refractivity contribution in [1.82, 2.24) is 9.97 Å². The van der Waals surface area contributed by atoms with Crippen molar-refractivity contribution in [3.63, 3.8) is 0 Å². The second-order valence-corrected chi connectivity index (χ2v) is 4.29. The minimum atomic E-state index is -0.589.